The Bertz CT molecular complexity index is 1440. The predicted molar refractivity (Wildman–Crippen MR) is 142 cm³/mol. The van der Waals surface area contributed by atoms with E-state index in [0.717, 1.165) is 22.5 Å². The van der Waals surface area contributed by atoms with E-state index in [2.05, 4.69) is 9.88 Å². The van der Waals surface area contributed by atoms with Gasteiger partial charge in [-0.2, -0.15) is 0 Å². The third-order valence-corrected chi connectivity index (χ3v) is 6.84. The van der Waals surface area contributed by atoms with Crippen molar-refractivity contribution in [3.05, 3.63) is 90.3 Å². The van der Waals surface area contributed by atoms with E-state index in [1.165, 1.54) is 0 Å². The molecule has 37 heavy (non-hydrogen) atoms. The topological polar surface area (TPSA) is 110 Å². The molecular formula is C29H29N5O3. The van der Waals surface area contributed by atoms with Crippen LogP contribution < -0.4 is 11.1 Å². The van der Waals surface area contributed by atoms with Crippen molar-refractivity contribution in [1.29, 1.82) is 0 Å². The smallest absolute Gasteiger partial charge is 0.255 e. The van der Waals surface area contributed by atoms with Gasteiger partial charge >= 0.3 is 0 Å². The van der Waals surface area contributed by atoms with Crippen molar-refractivity contribution < 1.29 is 14.4 Å². The summed E-state index contributed by atoms with van der Waals surface area (Å²) in [4.78, 5) is 44.2. The van der Waals surface area contributed by atoms with Crippen LogP contribution in [0.15, 0.2) is 78.9 Å². The first-order chi connectivity index (χ1) is 18.0. The quantitative estimate of drug-likeness (QED) is 0.405. The Morgan fingerprint density at radius 3 is 2.32 bits per heavy atom. The SMILES string of the molecule is NC(=O)C1CCN(C(=O)c2ccccc2NC(=O)CCc2nc3ccccc3n2-c2ccccc2)CC1. The highest BCUT2D eigenvalue weighted by atomic mass is 16.2. The summed E-state index contributed by atoms with van der Waals surface area (Å²) in [6.45, 7) is 0.925. The van der Waals surface area contributed by atoms with Gasteiger partial charge in [0.15, 0.2) is 0 Å². The van der Waals surface area contributed by atoms with Crippen LogP contribution in [0, 0.1) is 5.92 Å². The first-order valence-electron chi connectivity index (χ1n) is 12.5. The van der Waals surface area contributed by atoms with Crippen LogP contribution in [0.1, 0.15) is 35.4 Å². The highest BCUT2D eigenvalue weighted by Crippen LogP contribution is 2.24. The van der Waals surface area contributed by atoms with E-state index in [-0.39, 0.29) is 30.1 Å². The molecule has 4 aromatic rings. The average molecular weight is 496 g/mol. The molecule has 1 saturated heterocycles. The molecule has 0 aliphatic carbocycles. The molecule has 5 rings (SSSR count). The van der Waals surface area contributed by atoms with E-state index >= 15 is 0 Å². The summed E-state index contributed by atoms with van der Waals surface area (Å²) in [5, 5.41) is 2.92. The minimum absolute atomic E-state index is 0.162. The van der Waals surface area contributed by atoms with E-state index < -0.39 is 0 Å². The highest BCUT2D eigenvalue weighted by Gasteiger charge is 2.27. The standard InChI is InChI=1S/C29H29N5O3/c30-28(36)20-16-18-33(19-17-20)29(37)22-10-4-5-11-23(22)32-27(35)15-14-26-31-24-12-6-7-13-25(24)34(26)21-8-2-1-3-9-21/h1-13,20H,14-19H2,(H2,30,36)(H,32,35). The van der Waals surface area contributed by atoms with Crippen LogP contribution in [0.4, 0.5) is 5.69 Å². The molecule has 0 saturated carbocycles. The fraction of sp³-hybridized carbons (Fsp3) is 0.241. The molecule has 0 atom stereocenters. The van der Waals surface area contributed by atoms with Crippen LogP contribution in [0.5, 0.6) is 0 Å². The van der Waals surface area contributed by atoms with Gasteiger partial charge in [0.1, 0.15) is 5.82 Å². The largest absolute Gasteiger partial charge is 0.369 e. The second kappa shape index (κ2) is 10.7. The second-order valence-electron chi connectivity index (χ2n) is 9.25. The molecule has 8 nitrogen and oxygen atoms in total. The Morgan fingerprint density at radius 1 is 0.892 bits per heavy atom. The number of rotatable bonds is 7. The number of likely N-dealkylation sites (tertiary alicyclic amines) is 1. The maximum Gasteiger partial charge on any atom is 0.255 e. The number of nitrogens with one attached hydrogen (secondary N) is 1. The Kier molecular flexibility index (Phi) is 6.98. The molecule has 0 unspecified atom stereocenters. The molecule has 0 radical (unpaired) electrons. The number of aromatic nitrogens is 2. The van der Waals surface area contributed by atoms with Gasteiger partial charge in [-0.3, -0.25) is 19.0 Å². The number of para-hydroxylation sites is 4. The number of hydrogen-bond acceptors (Lipinski definition) is 4. The lowest BCUT2D eigenvalue weighted by Gasteiger charge is -2.31. The molecule has 1 aliphatic heterocycles. The molecule has 0 bridgehead atoms. The summed E-state index contributed by atoms with van der Waals surface area (Å²) in [6.07, 6.45) is 1.75. The zero-order valence-electron chi connectivity index (χ0n) is 20.5. The number of fused-ring (bicyclic) bond motifs is 1. The third-order valence-electron chi connectivity index (χ3n) is 6.84. The number of hydrogen-bond donors (Lipinski definition) is 2. The summed E-state index contributed by atoms with van der Waals surface area (Å²) in [5.41, 5.74) is 9.18. The number of imidazole rings is 1. The first kappa shape index (κ1) is 24.2. The van der Waals surface area contributed by atoms with Crippen molar-refractivity contribution in [1.82, 2.24) is 14.5 Å². The van der Waals surface area contributed by atoms with Crippen LogP contribution in [-0.4, -0.2) is 45.3 Å². The Morgan fingerprint density at radius 2 is 1.57 bits per heavy atom. The molecular weight excluding hydrogens is 466 g/mol. The van der Waals surface area contributed by atoms with Crippen LogP contribution in [-0.2, 0) is 16.0 Å². The maximum atomic E-state index is 13.2. The van der Waals surface area contributed by atoms with E-state index in [1.807, 2.05) is 54.6 Å². The zero-order valence-corrected chi connectivity index (χ0v) is 20.5. The first-order valence-corrected chi connectivity index (χ1v) is 12.5. The molecule has 0 spiro atoms. The Labute approximate surface area is 215 Å². The average Bonchev–Trinajstić information content (AvgIpc) is 3.31. The molecule has 3 N–H and O–H groups in total. The van der Waals surface area contributed by atoms with E-state index in [4.69, 9.17) is 10.7 Å². The number of anilines is 1. The number of benzene rings is 3. The van der Waals surface area contributed by atoms with Crippen molar-refractivity contribution in [2.45, 2.75) is 25.7 Å². The third kappa shape index (κ3) is 5.23. The van der Waals surface area contributed by atoms with Crippen LogP contribution >= 0.6 is 0 Å². The number of nitrogens with two attached hydrogens (primary N) is 1. The van der Waals surface area contributed by atoms with Crippen LogP contribution in [0.25, 0.3) is 16.7 Å². The molecule has 1 fully saturated rings. The summed E-state index contributed by atoms with van der Waals surface area (Å²) in [5.74, 6) is -0.0760. The fourth-order valence-corrected chi connectivity index (χ4v) is 4.86. The zero-order chi connectivity index (χ0) is 25.8. The summed E-state index contributed by atoms with van der Waals surface area (Å²) in [6, 6.07) is 24.9. The van der Waals surface area contributed by atoms with Crippen molar-refractivity contribution in [3.8, 4) is 5.69 Å². The van der Waals surface area contributed by atoms with Gasteiger partial charge < -0.3 is 16.0 Å². The predicted octanol–water partition coefficient (Wildman–Crippen LogP) is 3.93. The van der Waals surface area contributed by atoms with Crippen molar-refractivity contribution in [2.75, 3.05) is 18.4 Å². The van der Waals surface area contributed by atoms with E-state index in [0.29, 0.717) is 43.6 Å². The second-order valence-corrected chi connectivity index (χ2v) is 9.25. The minimum Gasteiger partial charge on any atom is -0.369 e. The lowest BCUT2D eigenvalue weighted by molar-refractivity contribution is -0.123. The van der Waals surface area contributed by atoms with Crippen LogP contribution in [0.3, 0.4) is 0 Å². The monoisotopic (exact) mass is 495 g/mol. The fourth-order valence-electron chi connectivity index (χ4n) is 4.86. The van der Waals surface area contributed by atoms with Gasteiger partial charge in [-0.25, -0.2) is 4.98 Å². The van der Waals surface area contributed by atoms with Crippen LogP contribution in [0.2, 0.25) is 0 Å². The normalized spacial score (nSPS) is 14.0. The van der Waals surface area contributed by atoms with Gasteiger partial charge in [0.05, 0.1) is 22.3 Å². The van der Waals surface area contributed by atoms with Crippen molar-refractivity contribution >= 4 is 34.4 Å². The van der Waals surface area contributed by atoms with Gasteiger partial charge in [-0.1, -0.05) is 42.5 Å². The van der Waals surface area contributed by atoms with E-state index in [9.17, 15) is 14.4 Å². The maximum absolute atomic E-state index is 13.2. The summed E-state index contributed by atoms with van der Waals surface area (Å²) >= 11 is 0. The van der Waals surface area contributed by atoms with Crippen molar-refractivity contribution in [2.24, 2.45) is 11.7 Å². The number of carbonyl (C=O) groups excluding carboxylic acids is 3. The lowest BCUT2D eigenvalue weighted by Crippen LogP contribution is -2.42. The lowest BCUT2D eigenvalue weighted by atomic mass is 9.95. The van der Waals surface area contributed by atoms with Gasteiger partial charge in [-0.05, 0) is 49.2 Å². The molecule has 3 aromatic carbocycles. The number of primary amides is 1. The number of piperidine rings is 1. The van der Waals surface area contributed by atoms with Gasteiger partial charge in [-0.15, -0.1) is 0 Å². The minimum atomic E-state index is -0.319. The molecule has 2 heterocycles. The molecule has 188 valence electrons. The van der Waals surface area contributed by atoms with Gasteiger partial charge in [0, 0.05) is 37.5 Å². The molecule has 8 heteroatoms. The summed E-state index contributed by atoms with van der Waals surface area (Å²) in [7, 11) is 0. The van der Waals surface area contributed by atoms with Gasteiger partial charge in [0.2, 0.25) is 11.8 Å². The number of aryl methyl sites for hydroxylation is 1. The molecule has 3 amide bonds. The number of amides is 3. The summed E-state index contributed by atoms with van der Waals surface area (Å²) < 4.78 is 2.08. The Hall–Kier alpha value is -4.46. The number of carbonyl (C=O) groups is 3. The van der Waals surface area contributed by atoms with Crippen molar-refractivity contribution in [3.63, 3.8) is 0 Å². The highest BCUT2D eigenvalue weighted by molar-refractivity contribution is 6.03. The molecule has 1 aliphatic rings. The van der Waals surface area contributed by atoms with Gasteiger partial charge in [0.25, 0.3) is 5.91 Å². The molecule has 1 aromatic heterocycles. The number of nitrogens with zero attached hydrogens (tertiary/aromatic N) is 3. The Balaban J connectivity index is 1.29. The van der Waals surface area contributed by atoms with E-state index in [1.54, 1.807) is 29.2 Å².